The van der Waals surface area contributed by atoms with Crippen LogP contribution in [0.1, 0.15) is 22.8 Å². The van der Waals surface area contributed by atoms with Gasteiger partial charge in [0.1, 0.15) is 17.2 Å². The molecule has 10 heteroatoms. The van der Waals surface area contributed by atoms with E-state index in [-0.39, 0.29) is 40.9 Å². The van der Waals surface area contributed by atoms with Crippen molar-refractivity contribution in [1.82, 2.24) is 14.5 Å². The maximum Gasteiger partial charge on any atom is 0.344 e. The molecule has 0 amide bonds. The number of methoxy groups -OCH3 is 2. The van der Waals surface area contributed by atoms with E-state index in [1.807, 2.05) is 0 Å². The first kappa shape index (κ1) is 23.8. The van der Waals surface area contributed by atoms with Gasteiger partial charge in [0.05, 0.1) is 39.0 Å². The number of halogens is 2. The van der Waals surface area contributed by atoms with Gasteiger partial charge in [-0.15, -0.1) is 0 Å². The Hall–Kier alpha value is -4.34. The van der Waals surface area contributed by atoms with Gasteiger partial charge < -0.3 is 18.8 Å². The number of para-hydroxylation sites is 1. The quantitative estimate of drug-likeness (QED) is 0.369. The van der Waals surface area contributed by atoms with Crippen molar-refractivity contribution >= 4 is 16.9 Å². The number of esters is 1. The number of ether oxygens (including phenoxy) is 3. The third-order valence-electron chi connectivity index (χ3n) is 5.35. The van der Waals surface area contributed by atoms with E-state index < -0.39 is 29.7 Å². The highest BCUT2D eigenvalue weighted by Gasteiger charge is 2.27. The maximum atomic E-state index is 14.5. The summed E-state index contributed by atoms with van der Waals surface area (Å²) >= 11 is 0. The van der Waals surface area contributed by atoms with Crippen LogP contribution in [-0.2, 0) is 11.3 Å². The molecule has 2 aromatic carbocycles. The fourth-order valence-electron chi connectivity index (χ4n) is 3.75. The van der Waals surface area contributed by atoms with E-state index in [1.54, 1.807) is 31.2 Å². The summed E-state index contributed by atoms with van der Waals surface area (Å²) < 4.78 is 45.7. The van der Waals surface area contributed by atoms with Crippen molar-refractivity contribution in [1.29, 1.82) is 0 Å². The van der Waals surface area contributed by atoms with Crippen molar-refractivity contribution < 1.29 is 27.8 Å². The van der Waals surface area contributed by atoms with Crippen LogP contribution in [0.25, 0.3) is 22.3 Å². The summed E-state index contributed by atoms with van der Waals surface area (Å²) in [6.45, 7) is 1.14. The fourth-order valence-corrected chi connectivity index (χ4v) is 3.75. The number of hydrogen-bond donors (Lipinski definition) is 0. The Morgan fingerprint density at radius 3 is 2.20 bits per heavy atom. The second-order valence-electron chi connectivity index (χ2n) is 7.36. The molecule has 0 spiro atoms. The van der Waals surface area contributed by atoms with Crippen LogP contribution in [-0.4, -0.2) is 41.3 Å². The zero-order chi connectivity index (χ0) is 25.1. The first-order chi connectivity index (χ1) is 16.9. The van der Waals surface area contributed by atoms with Gasteiger partial charge in [0, 0.05) is 16.5 Å². The highest BCUT2D eigenvalue weighted by atomic mass is 19.1. The van der Waals surface area contributed by atoms with Crippen LogP contribution < -0.4 is 15.0 Å². The second-order valence-corrected chi connectivity index (χ2v) is 7.36. The molecule has 0 fully saturated rings. The van der Waals surface area contributed by atoms with Gasteiger partial charge in [0.15, 0.2) is 5.82 Å². The molecule has 180 valence electrons. The average Bonchev–Trinajstić information content (AvgIpc) is 2.86. The van der Waals surface area contributed by atoms with Crippen LogP contribution in [0, 0.1) is 11.6 Å². The Balaban J connectivity index is 2.11. The number of aromatic nitrogens is 3. The van der Waals surface area contributed by atoms with Crippen molar-refractivity contribution in [2.24, 2.45) is 0 Å². The summed E-state index contributed by atoms with van der Waals surface area (Å²) in [6, 6.07) is 11.5. The SMILES string of the molecule is CCOC(=O)c1c(-c2nc(OC)cc(OC)n2)c2ccccc2n(Cc2c(F)cccc2F)c1=O. The van der Waals surface area contributed by atoms with Crippen molar-refractivity contribution in [2.45, 2.75) is 13.5 Å². The lowest BCUT2D eigenvalue weighted by Crippen LogP contribution is -2.30. The third-order valence-corrected chi connectivity index (χ3v) is 5.35. The standard InChI is InChI=1S/C25H21F2N3O5/c1-4-35-25(32)22-21(23-28-19(33-2)12-20(29-23)34-3)14-8-5-6-11-18(14)30(24(22)31)13-15-16(26)9-7-10-17(15)27/h5-12H,4,13H2,1-3H3. The number of pyridine rings is 1. The molecule has 0 bridgehead atoms. The van der Waals surface area contributed by atoms with Gasteiger partial charge in [-0.2, -0.15) is 9.97 Å². The number of carbonyl (C=O) groups is 1. The minimum atomic E-state index is -0.925. The molecule has 4 rings (SSSR count). The lowest BCUT2D eigenvalue weighted by atomic mass is 10.0. The van der Waals surface area contributed by atoms with Crippen LogP contribution in [0.3, 0.4) is 0 Å². The molecule has 2 heterocycles. The van der Waals surface area contributed by atoms with Crippen LogP contribution in [0.15, 0.2) is 53.3 Å². The molecule has 2 aromatic heterocycles. The molecule has 0 atom stereocenters. The second kappa shape index (κ2) is 9.88. The molecule has 0 aliphatic heterocycles. The van der Waals surface area contributed by atoms with Gasteiger partial charge in [0.25, 0.3) is 5.56 Å². The Kier molecular flexibility index (Phi) is 6.72. The number of nitrogens with zero attached hydrogens (tertiary/aromatic N) is 3. The smallest absolute Gasteiger partial charge is 0.344 e. The Morgan fingerprint density at radius 2 is 1.60 bits per heavy atom. The maximum absolute atomic E-state index is 14.5. The molecule has 8 nitrogen and oxygen atoms in total. The van der Waals surface area contributed by atoms with Crippen LogP contribution in [0.2, 0.25) is 0 Å². The van der Waals surface area contributed by atoms with Gasteiger partial charge in [-0.05, 0) is 25.1 Å². The van der Waals surface area contributed by atoms with Crippen molar-refractivity contribution in [3.8, 4) is 23.1 Å². The summed E-state index contributed by atoms with van der Waals surface area (Å²) in [6.07, 6.45) is 0. The van der Waals surface area contributed by atoms with Gasteiger partial charge in [-0.1, -0.05) is 24.3 Å². The van der Waals surface area contributed by atoms with E-state index in [0.717, 1.165) is 16.7 Å². The lowest BCUT2D eigenvalue weighted by Gasteiger charge is -2.18. The molecule has 0 radical (unpaired) electrons. The minimum absolute atomic E-state index is 0.00519. The zero-order valence-electron chi connectivity index (χ0n) is 19.2. The molecular weight excluding hydrogens is 460 g/mol. The molecule has 35 heavy (non-hydrogen) atoms. The zero-order valence-corrected chi connectivity index (χ0v) is 19.2. The highest BCUT2D eigenvalue weighted by Crippen LogP contribution is 2.32. The summed E-state index contributed by atoms with van der Waals surface area (Å²) in [7, 11) is 2.80. The van der Waals surface area contributed by atoms with Crippen molar-refractivity contribution in [2.75, 3.05) is 20.8 Å². The summed E-state index contributed by atoms with van der Waals surface area (Å²) in [5.41, 5.74) is -1.11. The number of carbonyl (C=O) groups excluding carboxylic acids is 1. The molecule has 0 aliphatic rings. The first-order valence-corrected chi connectivity index (χ1v) is 10.6. The summed E-state index contributed by atoms with van der Waals surface area (Å²) in [5, 5.41) is 0.391. The number of rotatable bonds is 7. The predicted molar refractivity (Wildman–Crippen MR) is 124 cm³/mol. The van der Waals surface area contributed by atoms with Gasteiger partial charge in [-0.3, -0.25) is 4.79 Å². The van der Waals surface area contributed by atoms with Gasteiger partial charge in [0.2, 0.25) is 11.8 Å². The number of fused-ring (bicyclic) bond motifs is 1. The van der Waals surface area contributed by atoms with E-state index >= 15 is 0 Å². The Bertz CT molecular complexity index is 1440. The number of benzene rings is 2. The summed E-state index contributed by atoms with van der Waals surface area (Å²) in [4.78, 5) is 35.4. The molecule has 4 aromatic rings. The van der Waals surface area contributed by atoms with Crippen molar-refractivity contribution in [3.63, 3.8) is 0 Å². The van der Waals surface area contributed by atoms with Crippen LogP contribution in [0.5, 0.6) is 11.8 Å². The topological polar surface area (TPSA) is 92.5 Å². The van der Waals surface area contributed by atoms with E-state index in [2.05, 4.69) is 9.97 Å². The normalized spacial score (nSPS) is 10.9. The average molecular weight is 481 g/mol. The molecular formula is C25H21F2N3O5. The third kappa shape index (κ3) is 4.42. The molecule has 0 saturated carbocycles. The predicted octanol–water partition coefficient (Wildman–Crippen LogP) is 3.98. The minimum Gasteiger partial charge on any atom is -0.481 e. The first-order valence-electron chi connectivity index (χ1n) is 10.6. The van der Waals surface area contributed by atoms with Crippen molar-refractivity contribution in [3.05, 3.63) is 81.6 Å². The lowest BCUT2D eigenvalue weighted by molar-refractivity contribution is 0.0524. The Morgan fingerprint density at radius 1 is 0.971 bits per heavy atom. The molecule has 0 saturated heterocycles. The largest absolute Gasteiger partial charge is 0.481 e. The number of hydrogen-bond acceptors (Lipinski definition) is 7. The van der Waals surface area contributed by atoms with Gasteiger partial charge in [-0.25, -0.2) is 13.6 Å². The van der Waals surface area contributed by atoms with E-state index in [1.165, 1.54) is 26.4 Å². The summed E-state index contributed by atoms with van der Waals surface area (Å²) in [5.74, 6) is -2.29. The molecule has 0 aliphatic carbocycles. The van der Waals surface area contributed by atoms with E-state index in [9.17, 15) is 18.4 Å². The molecule has 0 N–H and O–H groups in total. The molecule has 0 unspecified atom stereocenters. The fraction of sp³-hybridized carbons (Fsp3) is 0.200. The monoisotopic (exact) mass is 481 g/mol. The van der Waals surface area contributed by atoms with E-state index in [0.29, 0.717) is 10.9 Å². The van der Waals surface area contributed by atoms with E-state index in [4.69, 9.17) is 14.2 Å². The Labute approximate surface area is 198 Å². The van der Waals surface area contributed by atoms with Gasteiger partial charge >= 0.3 is 5.97 Å². The highest BCUT2D eigenvalue weighted by molar-refractivity contribution is 6.05. The van der Waals surface area contributed by atoms with Crippen LogP contribution >= 0.6 is 0 Å². The van der Waals surface area contributed by atoms with Crippen LogP contribution in [0.4, 0.5) is 8.78 Å².